The van der Waals surface area contributed by atoms with Gasteiger partial charge in [-0.1, -0.05) is 18.6 Å². The van der Waals surface area contributed by atoms with E-state index in [1.807, 2.05) is 6.07 Å². The Morgan fingerprint density at radius 1 is 0.962 bits per heavy atom. The summed E-state index contributed by atoms with van der Waals surface area (Å²) in [5, 5.41) is 0. The fraction of sp³-hybridized carbons (Fsp3) is 0.684. The summed E-state index contributed by atoms with van der Waals surface area (Å²) in [4.78, 5) is 2.85. The number of hydrogen-bond donors (Lipinski definition) is 0. The van der Waals surface area contributed by atoms with Gasteiger partial charge in [-0.25, -0.2) is 8.42 Å². The summed E-state index contributed by atoms with van der Waals surface area (Å²) < 4.78 is 38.9. The second-order valence-corrected chi connectivity index (χ2v) is 9.33. The average Bonchev–Trinajstić information content (AvgIpc) is 2.66. The molecule has 4 rings (SSSR count). The van der Waals surface area contributed by atoms with Crippen LogP contribution >= 0.6 is 0 Å². The zero-order valence-corrected chi connectivity index (χ0v) is 16.0. The van der Waals surface area contributed by atoms with Crippen LogP contribution in [0.15, 0.2) is 29.2 Å². The molecular weight excluding hydrogens is 352 g/mol. The molecule has 2 saturated heterocycles. The molecule has 0 atom stereocenters. The molecular formula is C19H28N2O4S. The fourth-order valence-electron chi connectivity index (χ4n) is 4.08. The van der Waals surface area contributed by atoms with Crippen molar-refractivity contribution < 1.29 is 17.9 Å². The Bertz CT molecular complexity index is 706. The molecule has 0 aromatic heterocycles. The topological polar surface area (TPSA) is 59.1 Å². The predicted molar refractivity (Wildman–Crippen MR) is 98.9 cm³/mol. The number of sulfonamides is 1. The molecule has 144 valence electrons. The van der Waals surface area contributed by atoms with Crippen LogP contribution < -0.4 is 4.74 Å². The molecule has 26 heavy (non-hydrogen) atoms. The first kappa shape index (κ1) is 18.2. The van der Waals surface area contributed by atoms with Gasteiger partial charge in [-0.2, -0.15) is 4.31 Å². The number of hydrogen-bond acceptors (Lipinski definition) is 5. The van der Waals surface area contributed by atoms with E-state index < -0.39 is 10.0 Å². The highest BCUT2D eigenvalue weighted by atomic mass is 32.2. The number of morpholine rings is 1. The van der Waals surface area contributed by atoms with E-state index in [2.05, 4.69) is 4.90 Å². The highest BCUT2D eigenvalue weighted by molar-refractivity contribution is 7.89. The Morgan fingerprint density at radius 2 is 1.65 bits per heavy atom. The minimum atomic E-state index is -3.54. The quantitative estimate of drug-likeness (QED) is 0.783. The Balaban J connectivity index is 1.42. The van der Waals surface area contributed by atoms with Gasteiger partial charge in [0.25, 0.3) is 0 Å². The fourth-order valence-corrected chi connectivity index (χ4v) is 5.61. The molecule has 7 heteroatoms. The van der Waals surface area contributed by atoms with Crippen molar-refractivity contribution in [2.24, 2.45) is 0 Å². The first-order valence-corrected chi connectivity index (χ1v) is 11.2. The number of benzene rings is 1. The molecule has 0 N–H and O–H groups in total. The maximum absolute atomic E-state index is 13.0. The van der Waals surface area contributed by atoms with Gasteiger partial charge in [0, 0.05) is 32.0 Å². The number of rotatable bonds is 5. The molecule has 2 aliphatic heterocycles. The largest absolute Gasteiger partial charge is 0.489 e. The Hall–Kier alpha value is -1.15. The van der Waals surface area contributed by atoms with Crippen LogP contribution in [0.5, 0.6) is 5.75 Å². The standard InChI is InChI=1S/C19H28N2O4S/c22-26(23,21-10-12-24-13-11-21)19-7-3-2-6-18(19)25-17-14-16(15-17)20-8-4-1-5-9-20/h2-3,6-7,16-17H,1,4-5,8-15H2. The third-order valence-electron chi connectivity index (χ3n) is 5.71. The molecule has 3 aliphatic rings. The lowest BCUT2D eigenvalue weighted by atomic mass is 9.86. The van der Waals surface area contributed by atoms with Crippen molar-refractivity contribution in [3.63, 3.8) is 0 Å². The van der Waals surface area contributed by atoms with E-state index in [4.69, 9.17) is 9.47 Å². The molecule has 1 aromatic carbocycles. The van der Waals surface area contributed by atoms with Gasteiger partial charge in [-0.15, -0.1) is 0 Å². The Labute approximate surface area is 156 Å². The average molecular weight is 381 g/mol. The lowest BCUT2D eigenvalue weighted by Crippen LogP contribution is -2.51. The number of piperidine rings is 1. The van der Waals surface area contributed by atoms with E-state index in [-0.39, 0.29) is 11.0 Å². The van der Waals surface area contributed by atoms with Gasteiger partial charge in [-0.3, -0.25) is 0 Å². The molecule has 3 fully saturated rings. The SMILES string of the molecule is O=S(=O)(c1ccccc1OC1CC(N2CCCCC2)C1)N1CCOCC1. The van der Waals surface area contributed by atoms with Crippen LogP contribution in [-0.4, -0.2) is 69.2 Å². The highest BCUT2D eigenvalue weighted by Crippen LogP contribution is 2.34. The van der Waals surface area contributed by atoms with Crippen LogP contribution in [0.25, 0.3) is 0 Å². The van der Waals surface area contributed by atoms with Gasteiger partial charge < -0.3 is 14.4 Å². The van der Waals surface area contributed by atoms with Gasteiger partial charge in [0.15, 0.2) is 0 Å². The zero-order chi connectivity index (χ0) is 18.0. The van der Waals surface area contributed by atoms with Crippen molar-refractivity contribution >= 4 is 10.0 Å². The maximum Gasteiger partial charge on any atom is 0.246 e. The van der Waals surface area contributed by atoms with E-state index in [1.54, 1.807) is 18.2 Å². The molecule has 2 heterocycles. The molecule has 6 nitrogen and oxygen atoms in total. The van der Waals surface area contributed by atoms with Crippen LogP contribution in [0.3, 0.4) is 0 Å². The van der Waals surface area contributed by atoms with Gasteiger partial charge in [0.2, 0.25) is 10.0 Å². The second-order valence-electron chi connectivity index (χ2n) is 7.42. The molecule has 0 amide bonds. The van der Waals surface area contributed by atoms with E-state index in [9.17, 15) is 8.42 Å². The second kappa shape index (κ2) is 7.84. The van der Waals surface area contributed by atoms with Gasteiger partial charge in [0.05, 0.1) is 13.2 Å². The lowest BCUT2D eigenvalue weighted by Gasteiger charge is -2.44. The predicted octanol–water partition coefficient (Wildman–Crippen LogP) is 2.10. The van der Waals surface area contributed by atoms with Crippen molar-refractivity contribution in [1.29, 1.82) is 0 Å². The molecule has 0 radical (unpaired) electrons. The Kier molecular flexibility index (Phi) is 5.50. The summed E-state index contributed by atoms with van der Waals surface area (Å²) in [5.74, 6) is 0.487. The van der Waals surface area contributed by atoms with E-state index >= 15 is 0 Å². The summed E-state index contributed by atoms with van der Waals surface area (Å²) >= 11 is 0. The summed E-state index contributed by atoms with van der Waals surface area (Å²) in [6, 6.07) is 7.64. The first-order valence-electron chi connectivity index (χ1n) is 9.72. The minimum absolute atomic E-state index is 0.114. The van der Waals surface area contributed by atoms with Gasteiger partial charge >= 0.3 is 0 Å². The van der Waals surface area contributed by atoms with Gasteiger partial charge in [-0.05, 0) is 38.1 Å². The molecule has 1 aliphatic carbocycles. The van der Waals surface area contributed by atoms with Crippen molar-refractivity contribution in [3.05, 3.63) is 24.3 Å². The zero-order valence-electron chi connectivity index (χ0n) is 15.2. The Morgan fingerprint density at radius 3 is 2.38 bits per heavy atom. The molecule has 1 saturated carbocycles. The summed E-state index contributed by atoms with van der Waals surface area (Å²) in [6.07, 6.45) is 6.03. The summed E-state index contributed by atoms with van der Waals surface area (Å²) in [5.41, 5.74) is 0. The minimum Gasteiger partial charge on any atom is -0.489 e. The lowest BCUT2D eigenvalue weighted by molar-refractivity contribution is 0.00742. The van der Waals surface area contributed by atoms with Crippen molar-refractivity contribution in [3.8, 4) is 5.75 Å². The third kappa shape index (κ3) is 3.76. The normalized spacial score (nSPS) is 28.5. The molecule has 0 spiro atoms. The van der Waals surface area contributed by atoms with Crippen LogP contribution in [0.2, 0.25) is 0 Å². The summed E-state index contributed by atoms with van der Waals surface area (Å²) in [6.45, 7) is 4.08. The van der Waals surface area contributed by atoms with Crippen LogP contribution in [0.1, 0.15) is 32.1 Å². The van der Waals surface area contributed by atoms with E-state index in [0.29, 0.717) is 38.1 Å². The maximum atomic E-state index is 13.0. The molecule has 1 aromatic rings. The van der Waals surface area contributed by atoms with E-state index in [1.165, 1.54) is 36.7 Å². The number of ether oxygens (including phenoxy) is 2. The van der Waals surface area contributed by atoms with Gasteiger partial charge in [0.1, 0.15) is 16.7 Å². The first-order chi connectivity index (χ1) is 12.6. The molecule has 0 unspecified atom stereocenters. The number of nitrogens with zero attached hydrogens (tertiary/aromatic N) is 2. The highest BCUT2D eigenvalue weighted by Gasteiger charge is 2.37. The monoisotopic (exact) mass is 380 g/mol. The molecule has 0 bridgehead atoms. The number of likely N-dealkylation sites (tertiary alicyclic amines) is 1. The van der Waals surface area contributed by atoms with Crippen LogP contribution in [-0.2, 0) is 14.8 Å². The van der Waals surface area contributed by atoms with Crippen molar-refractivity contribution in [2.75, 3.05) is 39.4 Å². The van der Waals surface area contributed by atoms with Crippen LogP contribution in [0, 0.1) is 0 Å². The van der Waals surface area contributed by atoms with Crippen LogP contribution in [0.4, 0.5) is 0 Å². The van der Waals surface area contributed by atoms with Crippen molar-refractivity contribution in [2.45, 2.75) is 49.1 Å². The van der Waals surface area contributed by atoms with Crippen molar-refractivity contribution in [1.82, 2.24) is 9.21 Å². The third-order valence-corrected chi connectivity index (χ3v) is 7.65. The van der Waals surface area contributed by atoms with E-state index in [0.717, 1.165) is 12.8 Å². The number of para-hydroxylation sites is 1. The summed E-state index contributed by atoms with van der Waals surface area (Å²) in [7, 11) is -3.54. The smallest absolute Gasteiger partial charge is 0.246 e.